The molecule has 0 aliphatic rings. The van der Waals surface area contributed by atoms with E-state index in [0.29, 0.717) is 43.2 Å². The molecular weight excluding hydrogens is 494 g/mol. The van der Waals surface area contributed by atoms with Crippen LogP contribution in [0.4, 0.5) is 5.69 Å². The van der Waals surface area contributed by atoms with E-state index in [1.165, 1.54) is 4.31 Å². The number of hydrogen-bond acceptors (Lipinski definition) is 6. The molecule has 0 aliphatic carbocycles. The topological polar surface area (TPSA) is 105 Å². The maximum Gasteiger partial charge on any atom is 0.242 e. The molecule has 0 aromatic heterocycles. The zero-order chi connectivity index (χ0) is 27.4. The number of nitrogens with zero attached hydrogens (tertiary/aromatic N) is 2. The molecule has 1 N–H and O–H groups in total. The van der Waals surface area contributed by atoms with Crippen LogP contribution in [0.1, 0.15) is 45.6 Å². The summed E-state index contributed by atoms with van der Waals surface area (Å²) in [7, 11) is -1.98. The predicted molar refractivity (Wildman–Crippen MR) is 145 cm³/mol. The quantitative estimate of drug-likeness (QED) is 0.375. The van der Waals surface area contributed by atoms with Crippen LogP contribution in [0.25, 0.3) is 0 Å². The third kappa shape index (κ3) is 8.96. The molecule has 2 rings (SSSR count). The van der Waals surface area contributed by atoms with E-state index in [1.807, 2.05) is 45.0 Å². The van der Waals surface area contributed by atoms with Gasteiger partial charge in [0.05, 0.1) is 25.7 Å². The van der Waals surface area contributed by atoms with Crippen molar-refractivity contribution in [3.05, 3.63) is 54.1 Å². The van der Waals surface area contributed by atoms with Gasteiger partial charge in [-0.1, -0.05) is 19.1 Å². The highest BCUT2D eigenvalue weighted by atomic mass is 32.2. The zero-order valence-corrected chi connectivity index (χ0v) is 23.2. The minimum atomic E-state index is -3.57. The summed E-state index contributed by atoms with van der Waals surface area (Å²) in [4.78, 5) is 27.7. The second-order valence-electron chi connectivity index (χ2n) is 8.55. The second kappa shape index (κ2) is 14.5. The minimum Gasteiger partial charge on any atom is -0.497 e. The number of amides is 2. The van der Waals surface area contributed by atoms with Crippen molar-refractivity contribution in [3.63, 3.8) is 0 Å². The molecular formula is C27H39N3O6S. The van der Waals surface area contributed by atoms with Crippen LogP contribution in [-0.2, 0) is 26.2 Å². The molecule has 2 amide bonds. The monoisotopic (exact) mass is 533 g/mol. The summed E-state index contributed by atoms with van der Waals surface area (Å²) in [5.74, 6) is 0.931. The maximum atomic E-state index is 13.4. The van der Waals surface area contributed by atoms with Gasteiger partial charge in [0.25, 0.3) is 0 Å². The Balaban J connectivity index is 2.18. The first-order valence-electron chi connectivity index (χ1n) is 12.5. The van der Waals surface area contributed by atoms with Gasteiger partial charge in [-0.25, -0.2) is 8.42 Å². The van der Waals surface area contributed by atoms with Crippen molar-refractivity contribution in [2.75, 3.05) is 37.4 Å². The Morgan fingerprint density at radius 1 is 0.973 bits per heavy atom. The standard InChI is InChI=1S/C27H39N3O6S/c1-6-25(27(32)28-7-2)29(20-21-11-15-23(35-4)16-12-21)26(31)10-9-19-30(37(5,33)34)22-13-17-24(18-14-22)36-8-3/h11-18,25H,6-10,19-20H2,1-5H3,(H,28,32)/t25-/m0/s1. The Morgan fingerprint density at radius 3 is 2.11 bits per heavy atom. The van der Waals surface area contributed by atoms with Gasteiger partial charge < -0.3 is 19.7 Å². The van der Waals surface area contributed by atoms with Crippen LogP contribution in [0, 0.1) is 0 Å². The SMILES string of the molecule is CCNC(=O)[C@H](CC)N(Cc1ccc(OC)cc1)C(=O)CCCN(c1ccc(OCC)cc1)S(C)(=O)=O. The van der Waals surface area contributed by atoms with Crippen molar-refractivity contribution in [2.45, 2.75) is 52.6 Å². The van der Waals surface area contributed by atoms with Crippen molar-refractivity contribution in [1.82, 2.24) is 10.2 Å². The molecule has 9 nitrogen and oxygen atoms in total. The Hall–Kier alpha value is -3.27. The highest BCUT2D eigenvalue weighted by Gasteiger charge is 2.28. The number of carbonyl (C=O) groups is 2. The molecule has 0 saturated carbocycles. The van der Waals surface area contributed by atoms with Crippen molar-refractivity contribution >= 4 is 27.5 Å². The molecule has 204 valence electrons. The number of nitrogens with one attached hydrogen (secondary N) is 1. The first-order valence-corrected chi connectivity index (χ1v) is 14.4. The van der Waals surface area contributed by atoms with Gasteiger partial charge in [0.15, 0.2) is 0 Å². The summed E-state index contributed by atoms with van der Waals surface area (Å²) < 4.78 is 36.9. The molecule has 0 spiro atoms. The van der Waals surface area contributed by atoms with E-state index in [2.05, 4.69) is 5.32 Å². The summed E-state index contributed by atoms with van der Waals surface area (Å²) in [5.41, 5.74) is 1.37. The number of hydrogen-bond donors (Lipinski definition) is 1. The molecule has 0 unspecified atom stereocenters. The average molecular weight is 534 g/mol. The normalized spacial score (nSPS) is 11.9. The smallest absolute Gasteiger partial charge is 0.242 e. The van der Waals surface area contributed by atoms with Crippen molar-refractivity contribution < 1.29 is 27.5 Å². The fourth-order valence-corrected chi connectivity index (χ4v) is 4.98. The van der Waals surface area contributed by atoms with Crippen LogP contribution in [0.2, 0.25) is 0 Å². The Bertz CT molecular complexity index is 1100. The summed E-state index contributed by atoms with van der Waals surface area (Å²) >= 11 is 0. The van der Waals surface area contributed by atoms with Crippen LogP contribution in [-0.4, -0.2) is 64.2 Å². The van der Waals surface area contributed by atoms with Gasteiger partial charge in [0, 0.05) is 26.1 Å². The molecule has 2 aromatic carbocycles. The summed E-state index contributed by atoms with van der Waals surface area (Å²) in [6.07, 6.45) is 1.98. The summed E-state index contributed by atoms with van der Waals surface area (Å²) in [6.45, 7) is 6.94. The number of carbonyl (C=O) groups excluding carboxylic acids is 2. The molecule has 10 heteroatoms. The lowest BCUT2D eigenvalue weighted by atomic mass is 10.1. The lowest BCUT2D eigenvalue weighted by molar-refractivity contribution is -0.141. The zero-order valence-electron chi connectivity index (χ0n) is 22.4. The van der Waals surface area contributed by atoms with E-state index in [0.717, 1.165) is 11.8 Å². The van der Waals surface area contributed by atoms with E-state index < -0.39 is 16.1 Å². The number of likely N-dealkylation sites (N-methyl/N-ethyl adjacent to an activating group) is 1. The molecule has 2 aromatic rings. The van der Waals surface area contributed by atoms with Crippen LogP contribution in [0.15, 0.2) is 48.5 Å². The Labute approximate surface area is 220 Å². The van der Waals surface area contributed by atoms with Gasteiger partial charge in [-0.2, -0.15) is 0 Å². The molecule has 37 heavy (non-hydrogen) atoms. The van der Waals surface area contributed by atoms with Crippen LogP contribution < -0.4 is 19.1 Å². The third-order valence-corrected chi connectivity index (χ3v) is 7.03. The molecule has 0 bridgehead atoms. The van der Waals surface area contributed by atoms with E-state index >= 15 is 0 Å². The Morgan fingerprint density at radius 2 is 1.59 bits per heavy atom. The Kier molecular flexibility index (Phi) is 11.7. The number of anilines is 1. The van der Waals surface area contributed by atoms with Gasteiger partial charge in [0.1, 0.15) is 17.5 Å². The van der Waals surface area contributed by atoms with E-state index in [1.54, 1.807) is 36.3 Å². The van der Waals surface area contributed by atoms with Gasteiger partial charge >= 0.3 is 0 Å². The van der Waals surface area contributed by atoms with E-state index in [9.17, 15) is 18.0 Å². The molecule has 0 fully saturated rings. The third-order valence-electron chi connectivity index (χ3n) is 5.84. The largest absolute Gasteiger partial charge is 0.497 e. The van der Waals surface area contributed by atoms with Crippen LogP contribution in [0.3, 0.4) is 0 Å². The van der Waals surface area contributed by atoms with E-state index in [4.69, 9.17) is 9.47 Å². The molecule has 0 heterocycles. The van der Waals surface area contributed by atoms with Crippen LogP contribution >= 0.6 is 0 Å². The van der Waals surface area contributed by atoms with E-state index in [-0.39, 0.29) is 31.3 Å². The van der Waals surface area contributed by atoms with Gasteiger partial charge in [-0.05, 0) is 68.7 Å². The highest BCUT2D eigenvalue weighted by Crippen LogP contribution is 2.23. The number of rotatable bonds is 15. The van der Waals surface area contributed by atoms with Gasteiger partial charge in [-0.3, -0.25) is 13.9 Å². The fourth-order valence-electron chi connectivity index (χ4n) is 4.02. The predicted octanol–water partition coefficient (Wildman–Crippen LogP) is 3.58. The number of benzene rings is 2. The molecule has 0 radical (unpaired) electrons. The van der Waals surface area contributed by atoms with Crippen LogP contribution in [0.5, 0.6) is 11.5 Å². The highest BCUT2D eigenvalue weighted by molar-refractivity contribution is 7.92. The first-order chi connectivity index (χ1) is 17.6. The summed E-state index contributed by atoms with van der Waals surface area (Å²) in [5, 5.41) is 2.81. The van der Waals surface area contributed by atoms with Gasteiger partial charge in [-0.15, -0.1) is 0 Å². The van der Waals surface area contributed by atoms with Crippen molar-refractivity contribution in [3.8, 4) is 11.5 Å². The fraction of sp³-hybridized carbons (Fsp3) is 0.481. The number of ether oxygens (including phenoxy) is 2. The minimum absolute atomic E-state index is 0.0924. The number of sulfonamides is 1. The lowest BCUT2D eigenvalue weighted by Gasteiger charge is -2.31. The first kappa shape index (κ1) is 30.0. The maximum absolute atomic E-state index is 13.4. The summed E-state index contributed by atoms with van der Waals surface area (Å²) in [6, 6.07) is 13.5. The molecule has 1 atom stereocenters. The van der Waals surface area contributed by atoms with Crippen molar-refractivity contribution in [1.29, 1.82) is 0 Å². The lowest BCUT2D eigenvalue weighted by Crippen LogP contribution is -2.49. The molecule has 0 aliphatic heterocycles. The molecule has 0 saturated heterocycles. The van der Waals surface area contributed by atoms with Gasteiger partial charge in [0.2, 0.25) is 21.8 Å². The average Bonchev–Trinajstić information content (AvgIpc) is 2.87. The number of methoxy groups -OCH3 is 1. The van der Waals surface area contributed by atoms with Crippen molar-refractivity contribution in [2.24, 2.45) is 0 Å². The second-order valence-corrected chi connectivity index (χ2v) is 10.5.